The van der Waals surface area contributed by atoms with E-state index in [0.717, 1.165) is 6.54 Å². The molecule has 2 nitrogen and oxygen atoms in total. The van der Waals surface area contributed by atoms with E-state index < -0.39 is 12.0 Å². The number of hydrogen-bond donors (Lipinski definition) is 2. The molecule has 2 N–H and O–H groups in total. The first-order chi connectivity index (χ1) is 7.18. The molecule has 4 heteroatoms. The van der Waals surface area contributed by atoms with Crippen molar-refractivity contribution >= 4 is 0 Å². The number of aromatic hydroxyl groups is 1. The molecule has 1 aromatic carbocycles. The van der Waals surface area contributed by atoms with Gasteiger partial charge >= 0.3 is 0 Å². The summed E-state index contributed by atoms with van der Waals surface area (Å²) >= 11 is 0. The van der Waals surface area contributed by atoms with Crippen LogP contribution in [0.3, 0.4) is 0 Å². The van der Waals surface area contributed by atoms with Crippen LogP contribution in [0, 0.1) is 5.82 Å². The van der Waals surface area contributed by atoms with Crippen LogP contribution in [0.5, 0.6) is 5.75 Å². The summed E-state index contributed by atoms with van der Waals surface area (Å²) in [4.78, 5) is 0. The number of halogens is 2. The lowest BCUT2D eigenvalue weighted by Crippen LogP contribution is -2.36. The van der Waals surface area contributed by atoms with Crippen LogP contribution in [-0.4, -0.2) is 24.4 Å². The molecule has 1 saturated heterocycles. The van der Waals surface area contributed by atoms with E-state index in [-0.39, 0.29) is 11.7 Å². The van der Waals surface area contributed by atoms with Crippen LogP contribution in [-0.2, 0) is 0 Å². The third-order valence-corrected chi connectivity index (χ3v) is 2.81. The van der Waals surface area contributed by atoms with E-state index in [2.05, 4.69) is 5.32 Å². The van der Waals surface area contributed by atoms with Crippen molar-refractivity contribution in [3.05, 3.63) is 29.6 Å². The van der Waals surface area contributed by atoms with Gasteiger partial charge in [0.25, 0.3) is 0 Å². The van der Waals surface area contributed by atoms with Gasteiger partial charge in [0.2, 0.25) is 0 Å². The highest BCUT2D eigenvalue weighted by Crippen LogP contribution is 2.30. The first kappa shape index (κ1) is 10.4. The third-order valence-electron chi connectivity index (χ3n) is 2.81. The second-order valence-electron chi connectivity index (χ2n) is 3.83. The first-order valence-electron chi connectivity index (χ1n) is 5.01. The topological polar surface area (TPSA) is 32.3 Å². The van der Waals surface area contributed by atoms with Gasteiger partial charge in [0.1, 0.15) is 6.17 Å². The predicted molar refractivity (Wildman–Crippen MR) is 53.2 cm³/mol. The fourth-order valence-corrected chi connectivity index (χ4v) is 1.95. The fourth-order valence-electron chi connectivity index (χ4n) is 1.95. The van der Waals surface area contributed by atoms with Crippen molar-refractivity contribution in [2.45, 2.75) is 18.5 Å². The molecule has 0 spiro atoms. The Kier molecular flexibility index (Phi) is 2.86. The number of nitrogens with one attached hydrogen (secondary N) is 1. The minimum absolute atomic E-state index is 0.263. The van der Waals surface area contributed by atoms with Crippen molar-refractivity contribution in [2.75, 3.05) is 13.1 Å². The van der Waals surface area contributed by atoms with Gasteiger partial charge in [0.15, 0.2) is 11.6 Å². The van der Waals surface area contributed by atoms with Gasteiger partial charge in [0.05, 0.1) is 0 Å². The minimum Gasteiger partial charge on any atom is -0.505 e. The Balaban J connectivity index is 2.24. The van der Waals surface area contributed by atoms with Gasteiger partial charge in [0, 0.05) is 12.5 Å². The van der Waals surface area contributed by atoms with Crippen molar-refractivity contribution in [3.63, 3.8) is 0 Å². The van der Waals surface area contributed by atoms with Crippen LogP contribution in [0.4, 0.5) is 8.78 Å². The second kappa shape index (κ2) is 4.14. The maximum atomic E-state index is 13.5. The zero-order valence-electron chi connectivity index (χ0n) is 8.21. The minimum atomic E-state index is -0.984. The Morgan fingerprint density at radius 3 is 2.87 bits per heavy atom. The summed E-state index contributed by atoms with van der Waals surface area (Å²) in [6, 6.07) is 4.08. The monoisotopic (exact) mass is 213 g/mol. The van der Waals surface area contributed by atoms with Crippen molar-refractivity contribution in [2.24, 2.45) is 0 Å². The molecule has 15 heavy (non-hydrogen) atoms. The van der Waals surface area contributed by atoms with Gasteiger partial charge in [-0.25, -0.2) is 8.78 Å². The van der Waals surface area contributed by atoms with Crippen molar-refractivity contribution < 1.29 is 13.9 Å². The summed E-state index contributed by atoms with van der Waals surface area (Å²) in [6.45, 7) is 1.06. The summed E-state index contributed by atoms with van der Waals surface area (Å²) in [5.41, 5.74) is 0.624. The van der Waals surface area contributed by atoms with Crippen LogP contribution in [0.1, 0.15) is 17.9 Å². The van der Waals surface area contributed by atoms with Crippen molar-refractivity contribution in [1.82, 2.24) is 5.32 Å². The molecule has 0 aliphatic carbocycles. The Morgan fingerprint density at radius 1 is 1.40 bits per heavy atom. The molecule has 2 unspecified atom stereocenters. The van der Waals surface area contributed by atoms with Gasteiger partial charge in [-0.1, -0.05) is 6.07 Å². The molecule has 1 aromatic rings. The maximum absolute atomic E-state index is 13.5. The second-order valence-corrected chi connectivity index (χ2v) is 3.83. The van der Waals surface area contributed by atoms with E-state index in [1.54, 1.807) is 6.07 Å². The SMILES string of the molecule is Oc1ccc(C2CCNCC2F)cc1F. The predicted octanol–water partition coefficient (Wildman–Crippen LogP) is 1.95. The average Bonchev–Trinajstić information content (AvgIpc) is 2.23. The Bertz CT molecular complexity index is 356. The van der Waals surface area contributed by atoms with Gasteiger partial charge in [-0.3, -0.25) is 0 Å². The van der Waals surface area contributed by atoms with E-state index in [1.807, 2.05) is 0 Å². The van der Waals surface area contributed by atoms with Crippen LogP contribution in [0.25, 0.3) is 0 Å². The molecule has 1 heterocycles. The Morgan fingerprint density at radius 2 is 2.20 bits per heavy atom. The molecule has 2 atom stereocenters. The van der Waals surface area contributed by atoms with Gasteiger partial charge in [-0.15, -0.1) is 0 Å². The van der Waals surface area contributed by atoms with E-state index in [4.69, 9.17) is 5.11 Å². The highest BCUT2D eigenvalue weighted by Gasteiger charge is 2.26. The van der Waals surface area contributed by atoms with Gasteiger partial charge < -0.3 is 10.4 Å². The molecular weight excluding hydrogens is 200 g/mol. The summed E-state index contributed by atoms with van der Waals surface area (Å²) in [7, 11) is 0. The molecular formula is C11H13F2NO. The fraction of sp³-hybridized carbons (Fsp3) is 0.455. The van der Waals surface area contributed by atoms with E-state index in [9.17, 15) is 8.78 Å². The molecule has 0 saturated carbocycles. The van der Waals surface area contributed by atoms with E-state index >= 15 is 0 Å². The molecule has 1 fully saturated rings. The summed E-state index contributed by atoms with van der Waals surface area (Å²) < 4.78 is 26.6. The number of phenols is 1. The molecule has 82 valence electrons. The van der Waals surface area contributed by atoms with Crippen LogP contribution >= 0.6 is 0 Å². The number of rotatable bonds is 1. The standard InChI is InChI=1S/C11H13F2NO/c12-9-5-7(1-2-11(9)15)8-3-4-14-6-10(8)13/h1-2,5,8,10,14-15H,3-4,6H2. The molecule has 0 aromatic heterocycles. The van der Waals surface area contributed by atoms with Crippen LogP contribution in [0.2, 0.25) is 0 Å². The highest BCUT2D eigenvalue weighted by atomic mass is 19.1. The highest BCUT2D eigenvalue weighted by molar-refractivity contribution is 5.31. The number of piperidine rings is 1. The van der Waals surface area contributed by atoms with E-state index in [0.29, 0.717) is 18.5 Å². The average molecular weight is 213 g/mol. The lowest BCUT2D eigenvalue weighted by atomic mass is 9.89. The zero-order valence-corrected chi connectivity index (χ0v) is 8.21. The maximum Gasteiger partial charge on any atom is 0.165 e. The van der Waals surface area contributed by atoms with Crippen molar-refractivity contribution in [3.8, 4) is 5.75 Å². The summed E-state index contributed by atoms with van der Waals surface area (Å²) in [6.07, 6.45) is -0.326. The normalized spacial score (nSPS) is 26.5. The molecule has 1 aliphatic rings. The summed E-state index contributed by atoms with van der Waals surface area (Å²) in [5.74, 6) is -1.33. The number of phenolic OH excluding ortho intramolecular Hbond substituents is 1. The summed E-state index contributed by atoms with van der Waals surface area (Å²) in [5, 5.41) is 12.0. The third kappa shape index (κ3) is 2.09. The molecule has 0 radical (unpaired) electrons. The first-order valence-corrected chi connectivity index (χ1v) is 5.01. The molecule has 0 amide bonds. The Hall–Kier alpha value is -1.16. The van der Waals surface area contributed by atoms with Crippen molar-refractivity contribution in [1.29, 1.82) is 0 Å². The quantitative estimate of drug-likeness (QED) is 0.747. The largest absolute Gasteiger partial charge is 0.505 e. The zero-order chi connectivity index (χ0) is 10.8. The van der Waals surface area contributed by atoms with Gasteiger partial charge in [-0.05, 0) is 30.7 Å². The lowest BCUT2D eigenvalue weighted by Gasteiger charge is -2.27. The van der Waals surface area contributed by atoms with Gasteiger partial charge in [-0.2, -0.15) is 0 Å². The molecule has 0 bridgehead atoms. The lowest BCUT2D eigenvalue weighted by molar-refractivity contribution is 0.231. The number of hydrogen-bond acceptors (Lipinski definition) is 2. The van der Waals surface area contributed by atoms with E-state index in [1.165, 1.54) is 12.1 Å². The molecule has 2 rings (SSSR count). The smallest absolute Gasteiger partial charge is 0.165 e. The number of alkyl halides is 1. The van der Waals surface area contributed by atoms with Crippen LogP contribution in [0.15, 0.2) is 18.2 Å². The molecule has 1 aliphatic heterocycles. The Labute approximate surface area is 86.9 Å². The van der Waals surface area contributed by atoms with Crippen LogP contribution < -0.4 is 5.32 Å². The number of benzene rings is 1.